The Kier molecular flexibility index (Phi) is 5.00. The van der Waals surface area contributed by atoms with Gasteiger partial charge in [0.05, 0.1) is 11.6 Å². The van der Waals surface area contributed by atoms with Crippen molar-refractivity contribution in [2.75, 3.05) is 6.54 Å². The maximum Gasteiger partial charge on any atom is 0.240 e. The normalized spacial score (nSPS) is 13.2. The van der Waals surface area contributed by atoms with Crippen LogP contribution in [-0.2, 0) is 4.79 Å². The summed E-state index contributed by atoms with van der Waals surface area (Å²) in [7, 11) is 0. The van der Waals surface area contributed by atoms with E-state index in [-0.39, 0.29) is 11.5 Å². The van der Waals surface area contributed by atoms with Gasteiger partial charge in [-0.05, 0) is 45.5 Å². The molecule has 0 radical (unpaired) electrons. The summed E-state index contributed by atoms with van der Waals surface area (Å²) in [4.78, 5) is 12.0. The lowest BCUT2D eigenvalue weighted by molar-refractivity contribution is -0.127. The predicted octanol–water partition coefficient (Wildman–Crippen LogP) is 2.53. The molecular weight excluding hydrogens is 250 g/mol. The number of benzene rings is 1. The third-order valence-corrected chi connectivity index (χ3v) is 2.96. The first kappa shape index (κ1) is 15.6. The number of rotatable bonds is 5. The van der Waals surface area contributed by atoms with E-state index in [1.807, 2.05) is 6.92 Å². The summed E-state index contributed by atoms with van der Waals surface area (Å²) < 4.78 is 26.7. The highest BCUT2D eigenvalue weighted by molar-refractivity contribution is 5.85. The van der Waals surface area contributed by atoms with E-state index < -0.39 is 23.2 Å². The van der Waals surface area contributed by atoms with E-state index in [1.165, 1.54) is 0 Å². The fourth-order valence-electron chi connectivity index (χ4n) is 1.82. The van der Waals surface area contributed by atoms with Gasteiger partial charge in [0, 0.05) is 5.56 Å². The van der Waals surface area contributed by atoms with Gasteiger partial charge >= 0.3 is 0 Å². The Labute approximate surface area is 112 Å². The molecule has 19 heavy (non-hydrogen) atoms. The summed E-state index contributed by atoms with van der Waals surface area (Å²) in [6.07, 6.45) is 0. The van der Waals surface area contributed by atoms with E-state index in [2.05, 4.69) is 10.6 Å². The number of likely N-dealkylation sites (N-methyl/N-ethyl adjacent to an activating group) is 1. The SMILES string of the molecule is CCNC(C)(C)C(=O)NC(C)c1cc(F)ccc1F. The molecule has 1 aromatic carbocycles. The fraction of sp³-hybridized carbons (Fsp3) is 0.500. The van der Waals surface area contributed by atoms with Gasteiger partial charge in [0.15, 0.2) is 0 Å². The average molecular weight is 270 g/mol. The summed E-state index contributed by atoms with van der Waals surface area (Å²) in [6.45, 7) is 7.63. The van der Waals surface area contributed by atoms with Crippen molar-refractivity contribution < 1.29 is 13.6 Å². The summed E-state index contributed by atoms with van der Waals surface area (Å²) in [5.41, 5.74) is -0.618. The lowest BCUT2D eigenvalue weighted by Gasteiger charge is -2.27. The van der Waals surface area contributed by atoms with Crippen molar-refractivity contribution in [2.45, 2.75) is 39.3 Å². The van der Waals surface area contributed by atoms with E-state index >= 15 is 0 Å². The van der Waals surface area contributed by atoms with Crippen LogP contribution in [0.3, 0.4) is 0 Å². The minimum Gasteiger partial charge on any atom is -0.348 e. The molecule has 106 valence electrons. The molecule has 0 saturated carbocycles. The second kappa shape index (κ2) is 6.10. The first-order valence-corrected chi connectivity index (χ1v) is 6.29. The van der Waals surface area contributed by atoms with Gasteiger partial charge in [-0.25, -0.2) is 8.78 Å². The number of amides is 1. The van der Waals surface area contributed by atoms with Gasteiger partial charge in [0.2, 0.25) is 5.91 Å². The van der Waals surface area contributed by atoms with E-state index in [9.17, 15) is 13.6 Å². The number of carbonyl (C=O) groups excluding carboxylic acids is 1. The molecule has 0 aliphatic carbocycles. The van der Waals surface area contributed by atoms with Crippen LogP contribution in [-0.4, -0.2) is 18.0 Å². The monoisotopic (exact) mass is 270 g/mol. The van der Waals surface area contributed by atoms with Crippen molar-refractivity contribution in [3.05, 3.63) is 35.4 Å². The Balaban J connectivity index is 2.82. The molecule has 1 unspecified atom stereocenters. The molecule has 1 amide bonds. The van der Waals surface area contributed by atoms with E-state index in [1.54, 1.807) is 20.8 Å². The Morgan fingerprint density at radius 1 is 1.37 bits per heavy atom. The molecule has 1 aromatic rings. The molecule has 0 fully saturated rings. The summed E-state index contributed by atoms with van der Waals surface area (Å²) >= 11 is 0. The van der Waals surface area contributed by atoms with Crippen LogP contribution >= 0.6 is 0 Å². The van der Waals surface area contributed by atoms with Crippen molar-refractivity contribution in [1.82, 2.24) is 10.6 Å². The van der Waals surface area contributed by atoms with Crippen LogP contribution in [0.5, 0.6) is 0 Å². The summed E-state index contributed by atoms with van der Waals surface area (Å²) in [5, 5.41) is 5.71. The molecule has 0 spiro atoms. The zero-order chi connectivity index (χ0) is 14.6. The van der Waals surface area contributed by atoms with E-state index in [0.717, 1.165) is 18.2 Å². The number of hydrogen-bond donors (Lipinski definition) is 2. The van der Waals surface area contributed by atoms with Crippen LogP contribution in [0.2, 0.25) is 0 Å². The fourth-order valence-corrected chi connectivity index (χ4v) is 1.82. The number of carbonyl (C=O) groups is 1. The number of hydrogen-bond acceptors (Lipinski definition) is 2. The Hall–Kier alpha value is -1.49. The maximum absolute atomic E-state index is 13.6. The minimum atomic E-state index is -0.757. The van der Waals surface area contributed by atoms with E-state index in [4.69, 9.17) is 0 Å². The van der Waals surface area contributed by atoms with Crippen molar-refractivity contribution in [3.63, 3.8) is 0 Å². The summed E-state index contributed by atoms with van der Waals surface area (Å²) in [5.74, 6) is -1.32. The third-order valence-electron chi connectivity index (χ3n) is 2.96. The quantitative estimate of drug-likeness (QED) is 0.863. The second-order valence-electron chi connectivity index (χ2n) is 5.02. The van der Waals surface area contributed by atoms with Gasteiger partial charge < -0.3 is 10.6 Å². The van der Waals surface area contributed by atoms with Crippen molar-refractivity contribution in [2.24, 2.45) is 0 Å². The molecule has 1 rings (SSSR count). The molecule has 5 heteroatoms. The number of nitrogens with one attached hydrogen (secondary N) is 2. The van der Waals surface area contributed by atoms with Crippen LogP contribution in [0.4, 0.5) is 8.78 Å². The van der Waals surface area contributed by atoms with Crippen LogP contribution in [0.1, 0.15) is 39.3 Å². The average Bonchev–Trinajstić information content (AvgIpc) is 2.32. The molecule has 0 aliphatic rings. The van der Waals surface area contributed by atoms with Gasteiger partial charge in [0.25, 0.3) is 0 Å². The molecule has 2 N–H and O–H groups in total. The Morgan fingerprint density at radius 3 is 2.58 bits per heavy atom. The highest BCUT2D eigenvalue weighted by Crippen LogP contribution is 2.18. The largest absolute Gasteiger partial charge is 0.348 e. The van der Waals surface area contributed by atoms with Crippen LogP contribution < -0.4 is 10.6 Å². The first-order valence-electron chi connectivity index (χ1n) is 6.29. The molecular formula is C14H20F2N2O. The van der Waals surface area contributed by atoms with Gasteiger partial charge in [-0.15, -0.1) is 0 Å². The Morgan fingerprint density at radius 2 is 2.00 bits per heavy atom. The van der Waals surface area contributed by atoms with Crippen molar-refractivity contribution >= 4 is 5.91 Å². The predicted molar refractivity (Wildman–Crippen MR) is 70.7 cm³/mol. The lowest BCUT2D eigenvalue weighted by atomic mass is 10.0. The summed E-state index contributed by atoms with van der Waals surface area (Å²) in [6, 6.07) is 2.61. The smallest absolute Gasteiger partial charge is 0.240 e. The standard InChI is InChI=1S/C14H20F2N2O/c1-5-17-14(3,4)13(19)18-9(2)11-8-10(15)6-7-12(11)16/h6-9,17H,5H2,1-4H3,(H,18,19). The number of halogens is 2. The zero-order valence-corrected chi connectivity index (χ0v) is 11.7. The van der Waals surface area contributed by atoms with Crippen molar-refractivity contribution in [1.29, 1.82) is 0 Å². The third kappa shape index (κ3) is 3.99. The van der Waals surface area contributed by atoms with Gasteiger partial charge in [-0.3, -0.25) is 4.79 Å². The first-order chi connectivity index (χ1) is 8.77. The second-order valence-corrected chi connectivity index (χ2v) is 5.02. The molecule has 3 nitrogen and oxygen atoms in total. The Bertz CT molecular complexity index is 461. The zero-order valence-electron chi connectivity index (χ0n) is 11.7. The highest BCUT2D eigenvalue weighted by atomic mass is 19.1. The van der Waals surface area contributed by atoms with Crippen LogP contribution in [0.15, 0.2) is 18.2 Å². The van der Waals surface area contributed by atoms with E-state index in [0.29, 0.717) is 6.54 Å². The molecule has 1 atom stereocenters. The molecule has 0 aliphatic heterocycles. The molecule has 0 heterocycles. The lowest BCUT2D eigenvalue weighted by Crippen LogP contribution is -2.53. The van der Waals surface area contributed by atoms with Gasteiger partial charge in [-0.2, -0.15) is 0 Å². The van der Waals surface area contributed by atoms with Gasteiger partial charge in [0.1, 0.15) is 11.6 Å². The van der Waals surface area contributed by atoms with Gasteiger partial charge in [-0.1, -0.05) is 6.92 Å². The molecule has 0 bridgehead atoms. The van der Waals surface area contributed by atoms with Crippen LogP contribution in [0, 0.1) is 11.6 Å². The minimum absolute atomic E-state index is 0.139. The van der Waals surface area contributed by atoms with Crippen LogP contribution in [0.25, 0.3) is 0 Å². The molecule has 0 aromatic heterocycles. The highest BCUT2D eigenvalue weighted by Gasteiger charge is 2.28. The van der Waals surface area contributed by atoms with Crippen molar-refractivity contribution in [3.8, 4) is 0 Å². The molecule has 0 saturated heterocycles. The maximum atomic E-state index is 13.6. The topological polar surface area (TPSA) is 41.1 Å².